The number of carbonyl (C=O) groups is 1. The molecule has 1 saturated carbocycles. The summed E-state index contributed by atoms with van der Waals surface area (Å²) >= 11 is 0. The van der Waals surface area contributed by atoms with Crippen LogP contribution in [0.2, 0.25) is 0 Å². The summed E-state index contributed by atoms with van der Waals surface area (Å²) in [6.45, 7) is 6.83. The van der Waals surface area contributed by atoms with Crippen LogP contribution in [0.3, 0.4) is 0 Å². The molecule has 3 N–H and O–H groups in total. The van der Waals surface area contributed by atoms with Crippen LogP contribution in [0.25, 0.3) is 10.9 Å². The molecule has 0 saturated heterocycles. The normalized spacial score (nSPS) is 17.9. The summed E-state index contributed by atoms with van der Waals surface area (Å²) < 4.78 is 0. The number of benzene rings is 2. The summed E-state index contributed by atoms with van der Waals surface area (Å²) in [6, 6.07) is 12.5. The number of rotatable bonds is 6. The van der Waals surface area contributed by atoms with Crippen LogP contribution < -0.4 is 20.9 Å². The second-order valence-corrected chi connectivity index (χ2v) is 9.75. The molecule has 180 valence electrons. The van der Waals surface area contributed by atoms with Crippen molar-refractivity contribution < 1.29 is 4.79 Å². The van der Waals surface area contributed by atoms with Gasteiger partial charge < -0.3 is 20.9 Å². The Morgan fingerprint density at radius 3 is 2.35 bits per heavy atom. The van der Waals surface area contributed by atoms with Crippen molar-refractivity contribution in [3.63, 3.8) is 0 Å². The highest BCUT2D eigenvalue weighted by Crippen LogP contribution is 2.28. The van der Waals surface area contributed by atoms with Gasteiger partial charge in [0.1, 0.15) is 5.82 Å². The van der Waals surface area contributed by atoms with Crippen molar-refractivity contribution in [3.05, 3.63) is 53.1 Å². The van der Waals surface area contributed by atoms with Gasteiger partial charge in [-0.1, -0.05) is 29.8 Å². The van der Waals surface area contributed by atoms with E-state index in [-0.39, 0.29) is 6.03 Å². The lowest BCUT2D eigenvalue weighted by Crippen LogP contribution is -2.36. The number of para-hydroxylation sites is 1. The number of anilines is 3. The van der Waals surface area contributed by atoms with Gasteiger partial charge in [-0.2, -0.15) is 4.98 Å². The molecule has 0 atom stereocenters. The molecule has 7 nitrogen and oxygen atoms in total. The van der Waals surface area contributed by atoms with Crippen LogP contribution >= 0.6 is 0 Å². The number of aromatic nitrogens is 2. The fourth-order valence-corrected chi connectivity index (χ4v) is 4.93. The average Bonchev–Trinajstić information content (AvgIpc) is 2.80. The number of hydrogen-bond donors (Lipinski definition) is 3. The highest BCUT2D eigenvalue weighted by molar-refractivity contribution is 5.91. The number of nitrogens with one attached hydrogen (secondary N) is 3. The lowest BCUT2D eigenvalue weighted by Gasteiger charge is -2.29. The third-order valence-corrected chi connectivity index (χ3v) is 6.65. The first-order valence-corrected chi connectivity index (χ1v) is 12.1. The molecule has 4 rings (SSSR count). The molecule has 1 aromatic heterocycles. The molecule has 0 aliphatic heterocycles. The largest absolute Gasteiger partial charge is 0.362 e. The summed E-state index contributed by atoms with van der Waals surface area (Å²) in [5, 5.41) is 10.7. The van der Waals surface area contributed by atoms with Gasteiger partial charge in [-0.3, -0.25) is 0 Å². The molecule has 0 bridgehead atoms. The fourth-order valence-electron chi connectivity index (χ4n) is 4.93. The number of carbonyl (C=O) groups excluding carboxylic acids is 1. The number of aryl methyl sites for hydroxylation is 3. The van der Waals surface area contributed by atoms with Gasteiger partial charge >= 0.3 is 6.03 Å². The van der Waals surface area contributed by atoms with Crippen LogP contribution in [0.4, 0.5) is 22.2 Å². The van der Waals surface area contributed by atoms with Crippen molar-refractivity contribution in [2.45, 2.75) is 52.5 Å². The van der Waals surface area contributed by atoms with Crippen LogP contribution in [-0.2, 0) is 0 Å². The highest BCUT2D eigenvalue weighted by atomic mass is 16.2. The van der Waals surface area contributed by atoms with Crippen LogP contribution in [0.5, 0.6) is 0 Å². The third kappa shape index (κ3) is 5.58. The minimum atomic E-state index is -0.129. The fraction of sp³-hybridized carbons (Fsp3) is 0.444. The van der Waals surface area contributed by atoms with E-state index in [0.717, 1.165) is 59.2 Å². The van der Waals surface area contributed by atoms with Gasteiger partial charge in [0.05, 0.1) is 5.52 Å². The predicted molar refractivity (Wildman–Crippen MR) is 141 cm³/mol. The van der Waals surface area contributed by atoms with Crippen LogP contribution in [0.1, 0.15) is 42.4 Å². The monoisotopic (exact) mass is 460 g/mol. The minimum absolute atomic E-state index is 0.129. The van der Waals surface area contributed by atoms with Gasteiger partial charge in [0.15, 0.2) is 0 Å². The first-order chi connectivity index (χ1) is 16.3. The smallest absolute Gasteiger partial charge is 0.319 e. The zero-order valence-corrected chi connectivity index (χ0v) is 20.9. The minimum Gasteiger partial charge on any atom is -0.362 e. The maximum absolute atomic E-state index is 12.5. The zero-order valence-electron chi connectivity index (χ0n) is 20.9. The quantitative estimate of drug-likeness (QED) is 0.458. The van der Waals surface area contributed by atoms with E-state index in [0.29, 0.717) is 24.5 Å². The van der Waals surface area contributed by atoms with Crippen molar-refractivity contribution >= 4 is 34.4 Å². The molecular weight excluding hydrogens is 424 g/mol. The lowest BCUT2D eigenvalue weighted by molar-refractivity contribution is 0.246. The molecule has 1 aliphatic rings. The predicted octanol–water partition coefficient (Wildman–Crippen LogP) is 5.41. The van der Waals surface area contributed by atoms with Gasteiger partial charge in [-0.15, -0.1) is 0 Å². The number of amides is 2. The Hall–Kier alpha value is -3.35. The standard InChI is InChI=1S/C27H36N6O/c1-17-14-18(2)24(19(3)15-17)31-27(34)28-16-20-10-12-21(13-11-20)29-26-30-23-9-7-6-8-22(23)25(32-26)33(4)5/h6-9,14-15,20-21H,10-13,16H2,1-5H3,(H2,28,31,34)(H,29,30,32). The Labute approximate surface area is 202 Å². The van der Waals surface area contributed by atoms with Crippen LogP contribution in [0, 0.1) is 26.7 Å². The molecule has 1 heterocycles. The first-order valence-electron chi connectivity index (χ1n) is 12.1. The molecule has 0 radical (unpaired) electrons. The Kier molecular flexibility index (Phi) is 7.20. The maximum atomic E-state index is 12.5. The van der Waals surface area contributed by atoms with E-state index in [1.54, 1.807) is 0 Å². The van der Waals surface area contributed by atoms with E-state index in [1.165, 1.54) is 5.56 Å². The molecule has 1 fully saturated rings. The summed E-state index contributed by atoms with van der Waals surface area (Å²) in [5.74, 6) is 2.10. The van der Waals surface area contributed by atoms with Gasteiger partial charge in [0, 0.05) is 37.8 Å². The molecule has 2 amide bonds. The second-order valence-electron chi connectivity index (χ2n) is 9.75. The average molecular weight is 461 g/mol. The number of nitrogens with zero attached hydrogens (tertiary/aromatic N) is 3. The van der Waals surface area contributed by atoms with Crippen molar-refractivity contribution in [2.75, 3.05) is 36.2 Å². The van der Waals surface area contributed by atoms with E-state index in [1.807, 2.05) is 51.0 Å². The molecule has 2 aromatic carbocycles. The van der Waals surface area contributed by atoms with Gasteiger partial charge in [0.2, 0.25) is 5.95 Å². The Morgan fingerprint density at radius 2 is 1.68 bits per heavy atom. The number of hydrogen-bond acceptors (Lipinski definition) is 5. The molecule has 7 heteroatoms. The Balaban J connectivity index is 1.28. The molecule has 34 heavy (non-hydrogen) atoms. The zero-order chi connectivity index (χ0) is 24.2. The molecule has 0 unspecified atom stereocenters. The van der Waals surface area contributed by atoms with E-state index >= 15 is 0 Å². The SMILES string of the molecule is Cc1cc(C)c(NC(=O)NCC2CCC(Nc3nc(N(C)C)c4ccccc4n3)CC2)c(C)c1. The Bertz CT molecular complexity index is 1140. The second kappa shape index (κ2) is 10.3. The Morgan fingerprint density at radius 1 is 1.00 bits per heavy atom. The summed E-state index contributed by atoms with van der Waals surface area (Å²) in [5.41, 5.74) is 5.24. The summed E-state index contributed by atoms with van der Waals surface area (Å²) in [6.07, 6.45) is 4.21. The summed E-state index contributed by atoms with van der Waals surface area (Å²) in [4.78, 5) is 24.0. The molecule has 1 aliphatic carbocycles. The molecule has 0 spiro atoms. The van der Waals surface area contributed by atoms with Crippen molar-refractivity contribution in [2.24, 2.45) is 5.92 Å². The molecular formula is C27H36N6O. The number of urea groups is 1. The molecule has 3 aromatic rings. The van der Waals surface area contributed by atoms with Crippen molar-refractivity contribution in [3.8, 4) is 0 Å². The topological polar surface area (TPSA) is 82.2 Å². The van der Waals surface area contributed by atoms with Crippen LogP contribution in [0.15, 0.2) is 36.4 Å². The van der Waals surface area contributed by atoms with Crippen molar-refractivity contribution in [1.29, 1.82) is 0 Å². The van der Waals surface area contributed by atoms with Gasteiger partial charge in [0.25, 0.3) is 0 Å². The van der Waals surface area contributed by atoms with Crippen LogP contribution in [-0.4, -0.2) is 42.7 Å². The van der Waals surface area contributed by atoms with Gasteiger partial charge in [-0.25, -0.2) is 9.78 Å². The number of fused-ring (bicyclic) bond motifs is 1. The van der Waals surface area contributed by atoms with E-state index < -0.39 is 0 Å². The summed E-state index contributed by atoms with van der Waals surface area (Å²) in [7, 11) is 4.02. The highest BCUT2D eigenvalue weighted by Gasteiger charge is 2.23. The van der Waals surface area contributed by atoms with Crippen molar-refractivity contribution in [1.82, 2.24) is 15.3 Å². The third-order valence-electron chi connectivity index (χ3n) is 6.65. The first kappa shape index (κ1) is 23.8. The maximum Gasteiger partial charge on any atom is 0.319 e. The van der Waals surface area contributed by atoms with E-state index in [9.17, 15) is 4.79 Å². The van der Waals surface area contributed by atoms with E-state index in [4.69, 9.17) is 9.97 Å². The van der Waals surface area contributed by atoms with Gasteiger partial charge in [-0.05, 0) is 75.6 Å². The lowest BCUT2D eigenvalue weighted by atomic mass is 9.86. The van der Waals surface area contributed by atoms with E-state index in [2.05, 4.69) is 41.1 Å².